The molecule has 1 unspecified atom stereocenters. The average molecular weight is 290 g/mol. The van der Waals surface area contributed by atoms with Crippen molar-refractivity contribution in [3.63, 3.8) is 0 Å². The molecule has 0 aromatic heterocycles. The summed E-state index contributed by atoms with van der Waals surface area (Å²) in [6, 6.07) is 6.51. The molecule has 0 aliphatic heterocycles. The third kappa shape index (κ3) is 4.21. The molecular formula is C17H26N2O2. The normalized spacial score (nSPS) is 18.0. The summed E-state index contributed by atoms with van der Waals surface area (Å²) in [6.07, 6.45) is 3.31. The van der Waals surface area contributed by atoms with Gasteiger partial charge in [0.05, 0.1) is 0 Å². The second kappa shape index (κ2) is 6.48. The van der Waals surface area contributed by atoms with Gasteiger partial charge in [0.25, 0.3) is 5.91 Å². The summed E-state index contributed by atoms with van der Waals surface area (Å²) >= 11 is 0. The fourth-order valence-corrected chi connectivity index (χ4v) is 2.85. The third-order valence-electron chi connectivity index (χ3n) is 3.69. The fourth-order valence-electron chi connectivity index (χ4n) is 2.85. The number of ether oxygens (including phenoxy) is 1. The summed E-state index contributed by atoms with van der Waals surface area (Å²) < 4.78 is 5.77. The molecule has 2 N–H and O–H groups in total. The van der Waals surface area contributed by atoms with Crippen molar-refractivity contribution in [3.8, 4) is 5.75 Å². The second-order valence-electron chi connectivity index (χ2n) is 6.64. The monoisotopic (exact) mass is 290 g/mol. The van der Waals surface area contributed by atoms with Gasteiger partial charge >= 0.3 is 0 Å². The maximum Gasteiger partial charge on any atom is 0.258 e. The van der Waals surface area contributed by atoms with E-state index in [4.69, 9.17) is 4.74 Å². The van der Waals surface area contributed by atoms with Crippen LogP contribution in [0.15, 0.2) is 18.2 Å². The largest absolute Gasteiger partial charge is 0.483 e. The van der Waals surface area contributed by atoms with Crippen molar-refractivity contribution >= 4 is 5.91 Å². The number of amides is 1. The smallest absolute Gasteiger partial charge is 0.258 e. The van der Waals surface area contributed by atoms with Crippen LogP contribution < -0.4 is 15.4 Å². The Balaban J connectivity index is 2.06. The van der Waals surface area contributed by atoms with Gasteiger partial charge in [-0.15, -0.1) is 0 Å². The number of rotatable bonds is 4. The zero-order valence-electron chi connectivity index (χ0n) is 13.5. The summed E-state index contributed by atoms with van der Waals surface area (Å²) in [7, 11) is 1.99. The molecule has 21 heavy (non-hydrogen) atoms. The standard InChI is InChI=1S/C17H26N2O2/c1-17(2,3)19-16(20)11-21-15-10-6-7-12-13(15)8-5-9-14(12)18-4/h6-7,10,14,18H,5,8-9,11H2,1-4H3,(H,19,20). The molecule has 1 aliphatic rings. The average Bonchev–Trinajstić information content (AvgIpc) is 2.42. The van der Waals surface area contributed by atoms with Crippen LogP contribution in [0, 0.1) is 0 Å². The van der Waals surface area contributed by atoms with Crippen LogP contribution in [-0.4, -0.2) is 25.1 Å². The maximum atomic E-state index is 11.9. The minimum Gasteiger partial charge on any atom is -0.483 e. The van der Waals surface area contributed by atoms with Crippen LogP contribution in [0.4, 0.5) is 0 Å². The minimum absolute atomic E-state index is 0.0674. The van der Waals surface area contributed by atoms with Crippen LogP contribution in [0.2, 0.25) is 0 Å². The maximum absolute atomic E-state index is 11.9. The Bertz CT molecular complexity index is 506. The lowest BCUT2D eigenvalue weighted by molar-refractivity contribution is -0.124. The first kappa shape index (κ1) is 15.8. The van der Waals surface area contributed by atoms with Gasteiger partial charge in [0.15, 0.2) is 6.61 Å². The van der Waals surface area contributed by atoms with Crippen LogP contribution >= 0.6 is 0 Å². The molecule has 0 heterocycles. The molecule has 0 saturated carbocycles. The van der Waals surface area contributed by atoms with Crippen molar-refractivity contribution in [1.29, 1.82) is 0 Å². The minimum atomic E-state index is -0.228. The van der Waals surface area contributed by atoms with Gasteiger partial charge in [-0.05, 0) is 64.3 Å². The first-order valence-corrected chi connectivity index (χ1v) is 7.63. The number of hydrogen-bond acceptors (Lipinski definition) is 3. The Morgan fingerprint density at radius 3 is 2.81 bits per heavy atom. The second-order valence-corrected chi connectivity index (χ2v) is 6.64. The molecule has 4 nitrogen and oxygen atoms in total. The Hall–Kier alpha value is -1.55. The van der Waals surface area contributed by atoms with E-state index >= 15 is 0 Å². The highest BCUT2D eigenvalue weighted by Gasteiger charge is 2.22. The van der Waals surface area contributed by atoms with Crippen LogP contribution in [-0.2, 0) is 11.2 Å². The first-order valence-electron chi connectivity index (χ1n) is 7.63. The van der Waals surface area contributed by atoms with E-state index in [0.29, 0.717) is 6.04 Å². The van der Waals surface area contributed by atoms with E-state index in [0.717, 1.165) is 25.0 Å². The molecule has 1 atom stereocenters. The summed E-state index contributed by atoms with van der Waals surface area (Å²) in [5, 5.41) is 6.26. The van der Waals surface area contributed by atoms with E-state index in [9.17, 15) is 4.79 Å². The summed E-state index contributed by atoms with van der Waals surface area (Å²) in [4.78, 5) is 11.9. The quantitative estimate of drug-likeness (QED) is 0.896. The van der Waals surface area contributed by atoms with Crippen molar-refractivity contribution in [1.82, 2.24) is 10.6 Å². The van der Waals surface area contributed by atoms with Crippen molar-refractivity contribution < 1.29 is 9.53 Å². The number of nitrogens with one attached hydrogen (secondary N) is 2. The molecule has 0 saturated heterocycles. The van der Waals surface area contributed by atoms with Gasteiger partial charge in [-0.25, -0.2) is 0 Å². The first-order chi connectivity index (χ1) is 9.90. The highest BCUT2D eigenvalue weighted by molar-refractivity contribution is 5.78. The van der Waals surface area contributed by atoms with E-state index < -0.39 is 0 Å². The van der Waals surface area contributed by atoms with Crippen molar-refractivity contribution in [2.45, 2.75) is 51.6 Å². The number of carbonyl (C=O) groups is 1. The Morgan fingerprint density at radius 2 is 2.14 bits per heavy atom. The topological polar surface area (TPSA) is 50.4 Å². The van der Waals surface area contributed by atoms with Gasteiger partial charge in [0.1, 0.15) is 5.75 Å². The molecule has 0 radical (unpaired) electrons. The number of hydrogen-bond donors (Lipinski definition) is 2. The van der Waals surface area contributed by atoms with Crippen molar-refractivity contribution in [2.75, 3.05) is 13.7 Å². The van der Waals surface area contributed by atoms with Gasteiger partial charge in [-0.1, -0.05) is 12.1 Å². The third-order valence-corrected chi connectivity index (χ3v) is 3.69. The van der Waals surface area contributed by atoms with E-state index in [1.54, 1.807) is 0 Å². The van der Waals surface area contributed by atoms with Gasteiger partial charge in [0.2, 0.25) is 0 Å². The van der Waals surface area contributed by atoms with Crippen LogP contribution in [0.3, 0.4) is 0 Å². The lowest BCUT2D eigenvalue weighted by Gasteiger charge is -2.27. The predicted molar refractivity (Wildman–Crippen MR) is 84.6 cm³/mol. The van der Waals surface area contributed by atoms with Crippen LogP contribution in [0.1, 0.15) is 50.8 Å². The highest BCUT2D eigenvalue weighted by atomic mass is 16.5. The fraction of sp³-hybridized carbons (Fsp3) is 0.588. The van der Waals surface area contributed by atoms with E-state index in [2.05, 4.69) is 16.7 Å². The molecule has 1 amide bonds. The van der Waals surface area contributed by atoms with Gasteiger partial charge in [-0.2, -0.15) is 0 Å². The zero-order chi connectivity index (χ0) is 15.5. The lowest BCUT2D eigenvalue weighted by Crippen LogP contribution is -2.43. The van der Waals surface area contributed by atoms with E-state index in [1.807, 2.05) is 40.0 Å². The summed E-state index contributed by atoms with van der Waals surface area (Å²) in [6.45, 7) is 5.96. The molecule has 2 rings (SSSR count). The molecule has 0 fully saturated rings. The van der Waals surface area contributed by atoms with Crippen molar-refractivity contribution in [2.24, 2.45) is 0 Å². The lowest BCUT2D eigenvalue weighted by atomic mass is 9.87. The summed E-state index contributed by atoms with van der Waals surface area (Å²) in [5.41, 5.74) is 2.32. The van der Waals surface area contributed by atoms with Gasteiger partial charge in [0, 0.05) is 11.6 Å². The van der Waals surface area contributed by atoms with E-state index in [1.165, 1.54) is 11.1 Å². The molecule has 1 aliphatic carbocycles. The Morgan fingerprint density at radius 1 is 1.38 bits per heavy atom. The van der Waals surface area contributed by atoms with E-state index in [-0.39, 0.29) is 18.1 Å². The molecule has 4 heteroatoms. The summed E-state index contributed by atoms with van der Waals surface area (Å²) in [5.74, 6) is 0.762. The van der Waals surface area contributed by atoms with Crippen LogP contribution in [0.5, 0.6) is 5.75 Å². The molecule has 1 aromatic carbocycles. The molecule has 0 spiro atoms. The zero-order valence-corrected chi connectivity index (χ0v) is 13.5. The van der Waals surface area contributed by atoms with Gasteiger partial charge in [-0.3, -0.25) is 4.79 Å². The van der Waals surface area contributed by atoms with Crippen LogP contribution in [0.25, 0.3) is 0 Å². The predicted octanol–water partition coefficient (Wildman–Crippen LogP) is 2.58. The molecule has 0 bridgehead atoms. The SMILES string of the molecule is CNC1CCCc2c(OCC(=O)NC(C)(C)C)cccc21. The number of carbonyl (C=O) groups excluding carboxylic acids is 1. The molecular weight excluding hydrogens is 264 g/mol. The Kier molecular flexibility index (Phi) is 4.88. The molecule has 1 aromatic rings. The van der Waals surface area contributed by atoms with Crippen molar-refractivity contribution in [3.05, 3.63) is 29.3 Å². The number of benzene rings is 1. The Labute approximate surface area is 127 Å². The highest BCUT2D eigenvalue weighted by Crippen LogP contribution is 2.35. The van der Waals surface area contributed by atoms with Gasteiger partial charge < -0.3 is 15.4 Å². The number of fused-ring (bicyclic) bond motifs is 1. The molecule has 116 valence electrons.